The fraction of sp³-hybridized carbons (Fsp3) is 0.394. The van der Waals surface area contributed by atoms with E-state index in [1.807, 2.05) is 54.7 Å². The number of piperidine rings is 1. The molecule has 0 aliphatic carbocycles. The van der Waals surface area contributed by atoms with E-state index in [-0.39, 0.29) is 24.7 Å². The molecule has 2 atom stereocenters. The molecule has 3 heterocycles. The minimum absolute atomic E-state index is 0.147. The van der Waals surface area contributed by atoms with E-state index in [4.69, 9.17) is 4.74 Å². The second-order valence-electron chi connectivity index (χ2n) is 12.3. The first-order chi connectivity index (χ1) is 21.0. The van der Waals surface area contributed by atoms with Crippen molar-refractivity contribution < 1.29 is 29.0 Å². The normalized spacial score (nSPS) is 15.6. The molecule has 232 valence electrons. The van der Waals surface area contributed by atoms with Gasteiger partial charge in [-0.2, -0.15) is 0 Å². The molecule has 3 amide bonds. The largest absolute Gasteiger partial charge is 0.480 e. The van der Waals surface area contributed by atoms with Gasteiger partial charge in [0.15, 0.2) is 0 Å². The maximum Gasteiger partial charge on any atom is 0.408 e. The second kappa shape index (κ2) is 12.8. The molecule has 2 aromatic carbocycles. The molecular formula is C33H39N5O6. The van der Waals surface area contributed by atoms with Gasteiger partial charge in [0.25, 0.3) is 0 Å². The summed E-state index contributed by atoms with van der Waals surface area (Å²) in [7, 11) is 0. The molecule has 1 fully saturated rings. The summed E-state index contributed by atoms with van der Waals surface area (Å²) in [4.78, 5) is 59.7. The van der Waals surface area contributed by atoms with Crippen LogP contribution in [0.25, 0.3) is 21.8 Å². The monoisotopic (exact) mass is 601 g/mol. The number of aromatic amines is 2. The Labute approximate surface area is 255 Å². The van der Waals surface area contributed by atoms with Crippen LogP contribution in [0, 0.1) is 5.92 Å². The first-order valence-corrected chi connectivity index (χ1v) is 14.9. The lowest BCUT2D eigenvalue weighted by atomic mass is 9.94. The van der Waals surface area contributed by atoms with E-state index in [9.17, 15) is 24.3 Å². The van der Waals surface area contributed by atoms with E-state index in [1.165, 1.54) is 0 Å². The third kappa shape index (κ3) is 7.21. The number of nitrogens with zero attached hydrogens (tertiary/aromatic N) is 1. The Bertz CT molecular complexity index is 1660. The van der Waals surface area contributed by atoms with Crippen LogP contribution in [-0.2, 0) is 32.0 Å². The third-order valence-electron chi connectivity index (χ3n) is 7.98. The number of carbonyl (C=O) groups excluding carboxylic acids is 3. The van der Waals surface area contributed by atoms with Crippen LogP contribution in [0.2, 0.25) is 0 Å². The highest BCUT2D eigenvalue weighted by molar-refractivity contribution is 5.90. The number of likely N-dealkylation sites (tertiary alicyclic amines) is 1. The molecule has 1 aliphatic heterocycles. The molecule has 5 rings (SSSR count). The number of ether oxygens (including phenoxy) is 1. The summed E-state index contributed by atoms with van der Waals surface area (Å²) < 4.78 is 5.45. The Morgan fingerprint density at radius 3 is 1.91 bits per heavy atom. The van der Waals surface area contributed by atoms with Gasteiger partial charge in [0.05, 0.1) is 0 Å². The van der Waals surface area contributed by atoms with Gasteiger partial charge in [-0.3, -0.25) is 9.59 Å². The average Bonchev–Trinajstić information content (AvgIpc) is 3.59. The first kappa shape index (κ1) is 30.7. The Kier molecular flexibility index (Phi) is 8.93. The standard InChI is InChI=1S/C33H39N5O6/c1-33(2,3)44-32(43)37-27(16-21-18-34-25-10-6-4-8-23(21)25)30(40)38-14-12-20(13-15-38)29(39)36-28(31(41)42)17-22-19-35-26-11-7-5-9-24(22)26/h4-11,18-20,27-28,34-35H,12-17H2,1-3H3,(H,36,39)(H,37,43)(H,41,42)/t27-,28-/m0/s1. The minimum Gasteiger partial charge on any atom is -0.480 e. The number of aromatic nitrogens is 2. The van der Waals surface area contributed by atoms with Crippen molar-refractivity contribution in [3.05, 3.63) is 72.1 Å². The lowest BCUT2D eigenvalue weighted by Crippen LogP contribution is -2.53. The summed E-state index contributed by atoms with van der Waals surface area (Å²) in [6.45, 7) is 5.88. The lowest BCUT2D eigenvalue weighted by molar-refractivity contribution is -0.143. The number of carboxylic acid groups (broad SMARTS) is 1. The van der Waals surface area contributed by atoms with Crippen molar-refractivity contribution in [2.24, 2.45) is 5.92 Å². The van der Waals surface area contributed by atoms with Gasteiger partial charge in [0, 0.05) is 66.0 Å². The predicted molar refractivity (Wildman–Crippen MR) is 166 cm³/mol. The molecule has 4 aromatic rings. The van der Waals surface area contributed by atoms with Crippen LogP contribution in [0.5, 0.6) is 0 Å². The maximum atomic E-state index is 13.8. The lowest BCUT2D eigenvalue weighted by Gasteiger charge is -2.34. The Balaban J connectivity index is 1.22. The number of rotatable bonds is 9. The van der Waals surface area contributed by atoms with Gasteiger partial charge in [-0.1, -0.05) is 36.4 Å². The summed E-state index contributed by atoms with van der Waals surface area (Å²) in [6, 6.07) is 13.4. The molecule has 0 spiro atoms. The van der Waals surface area contributed by atoms with Gasteiger partial charge in [-0.25, -0.2) is 9.59 Å². The second-order valence-corrected chi connectivity index (χ2v) is 12.3. The molecular weight excluding hydrogens is 562 g/mol. The molecule has 11 heteroatoms. The quantitative estimate of drug-likeness (QED) is 0.194. The predicted octanol–water partition coefficient (Wildman–Crippen LogP) is 4.14. The fourth-order valence-corrected chi connectivity index (χ4v) is 5.76. The number of fused-ring (bicyclic) bond motifs is 2. The number of aliphatic carboxylic acids is 1. The third-order valence-corrected chi connectivity index (χ3v) is 7.98. The summed E-state index contributed by atoms with van der Waals surface area (Å²) in [5, 5.41) is 17.2. The van der Waals surface area contributed by atoms with E-state index < -0.39 is 35.7 Å². The van der Waals surface area contributed by atoms with E-state index >= 15 is 0 Å². The molecule has 11 nitrogen and oxygen atoms in total. The van der Waals surface area contributed by atoms with Gasteiger partial charge in [-0.15, -0.1) is 0 Å². The molecule has 5 N–H and O–H groups in total. The number of amides is 3. The van der Waals surface area contributed by atoms with Gasteiger partial charge in [0.2, 0.25) is 11.8 Å². The Morgan fingerprint density at radius 2 is 1.39 bits per heavy atom. The van der Waals surface area contributed by atoms with Crippen LogP contribution < -0.4 is 10.6 Å². The van der Waals surface area contributed by atoms with Gasteiger partial charge >= 0.3 is 12.1 Å². The highest BCUT2D eigenvalue weighted by Gasteiger charge is 2.34. The summed E-state index contributed by atoms with van der Waals surface area (Å²) in [5.41, 5.74) is 2.81. The number of carbonyl (C=O) groups is 4. The Morgan fingerprint density at radius 1 is 0.864 bits per heavy atom. The van der Waals surface area contributed by atoms with E-state index in [0.717, 1.165) is 32.9 Å². The van der Waals surface area contributed by atoms with Crippen molar-refractivity contribution in [3.63, 3.8) is 0 Å². The molecule has 0 saturated carbocycles. The molecule has 0 unspecified atom stereocenters. The van der Waals surface area contributed by atoms with Gasteiger partial charge in [-0.05, 0) is 56.9 Å². The van der Waals surface area contributed by atoms with E-state index in [1.54, 1.807) is 31.9 Å². The highest BCUT2D eigenvalue weighted by atomic mass is 16.6. The first-order valence-electron chi connectivity index (χ1n) is 14.9. The van der Waals surface area contributed by atoms with Crippen molar-refractivity contribution >= 4 is 45.7 Å². The van der Waals surface area contributed by atoms with Crippen molar-refractivity contribution in [3.8, 4) is 0 Å². The fourth-order valence-electron chi connectivity index (χ4n) is 5.76. The van der Waals surface area contributed by atoms with E-state index in [0.29, 0.717) is 25.9 Å². The smallest absolute Gasteiger partial charge is 0.408 e. The van der Waals surface area contributed by atoms with Crippen LogP contribution >= 0.6 is 0 Å². The van der Waals surface area contributed by atoms with Crippen molar-refractivity contribution in [2.45, 2.75) is 64.1 Å². The van der Waals surface area contributed by atoms with Crippen LogP contribution in [0.15, 0.2) is 60.9 Å². The zero-order valence-electron chi connectivity index (χ0n) is 25.2. The number of carboxylic acids is 1. The zero-order chi connectivity index (χ0) is 31.4. The minimum atomic E-state index is -1.11. The van der Waals surface area contributed by atoms with Crippen LogP contribution in [0.4, 0.5) is 4.79 Å². The number of H-pyrrole nitrogens is 2. The van der Waals surface area contributed by atoms with Crippen LogP contribution in [0.3, 0.4) is 0 Å². The number of para-hydroxylation sites is 2. The van der Waals surface area contributed by atoms with Crippen molar-refractivity contribution in [2.75, 3.05) is 13.1 Å². The molecule has 2 aromatic heterocycles. The number of alkyl carbamates (subject to hydrolysis) is 1. The van der Waals surface area contributed by atoms with Gasteiger partial charge in [0.1, 0.15) is 17.7 Å². The topological polar surface area (TPSA) is 157 Å². The number of benzene rings is 2. The molecule has 0 bridgehead atoms. The van der Waals surface area contributed by atoms with E-state index in [2.05, 4.69) is 20.6 Å². The molecule has 0 radical (unpaired) electrons. The van der Waals surface area contributed by atoms with Crippen molar-refractivity contribution in [1.82, 2.24) is 25.5 Å². The zero-order valence-corrected chi connectivity index (χ0v) is 25.2. The highest BCUT2D eigenvalue weighted by Crippen LogP contribution is 2.24. The molecule has 44 heavy (non-hydrogen) atoms. The van der Waals surface area contributed by atoms with Crippen LogP contribution in [0.1, 0.15) is 44.7 Å². The Hall–Kier alpha value is -4.80. The van der Waals surface area contributed by atoms with Crippen molar-refractivity contribution in [1.29, 1.82) is 0 Å². The summed E-state index contributed by atoms with van der Waals surface area (Å²) in [5.74, 6) is -2.14. The maximum absolute atomic E-state index is 13.8. The SMILES string of the molecule is CC(C)(C)OC(=O)N[C@@H](Cc1c[nH]c2ccccc12)C(=O)N1CCC(C(=O)N[C@@H](Cc2c[nH]c3ccccc23)C(=O)O)CC1. The summed E-state index contributed by atoms with van der Waals surface area (Å²) >= 11 is 0. The number of hydrogen-bond donors (Lipinski definition) is 5. The van der Waals surface area contributed by atoms with Gasteiger partial charge < -0.3 is 35.3 Å². The average molecular weight is 602 g/mol. The summed E-state index contributed by atoms with van der Waals surface area (Å²) in [6.07, 6.45) is 4.10. The number of hydrogen-bond acceptors (Lipinski definition) is 5. The molecule has 1 saturated heterocycles. The molecule has 1 aliphatic rings. The number of nitrogens with one attached hydrogen (secondary N) is 4. The van der Waals surface area contributed by atoms with Crippen LogP contribution in [-0.4, -0.2) is 74.6 Å².